The Bertz CT molecular complexity index is 751. The van der Waals surface area contributed by atoms with Crippen LogP contribution < -0.4 is 9.47 Å². The molecule has 0 saturated carbocycles. The van der Waals surface area contributed by atoms with Gasteiger partial charge in [0.05, 0.1) is 13.2 Å². The zero-order valence-electron chi connectivity index (χ0n) is 20.0. The summed E-state index contributed by atoms with van der Waals surface area (Å²) in [5.74, 6) is 1.79. The van der Waals surface area contributed by atoms with Gasteiger partial charge in [0.15, 0.2) is 0 Å². The van der Waals surface area contributed by atoms with Gasteiger partial charge in [-0.1, -0.05) is 71.8 Å². The van der Waals surface area contributed by atoms with E-state index < -0.39 is 0 Å². The number of unbranched alkanes of at least 4 members (excludes halogenated alkanes) is 3. The maximum atomic E-state index is 6.18. The van der Waals surface area contributed by atoms with E-state index in [4.69, 9.17) is 65.5 Å². The molecule has 0 saturated heterocycles. The van der Waals surface area contributed by atoms with Gasteiger partial charge in [-0.3, -0.25) is 0 Å². The van der Waals surface area contributed by atoms with E-state index >= 15 is 0 Å². The van der Waals surface area contributed by atoms with Crippen LogP contribution >= 0.6 is 46.4 Å². The van der Waals surface area contributed by atoms with Gasteiger partial charge in [0.2, 0.25) is 0 Å². The van der Waals surface area contributed by atoms with Crippen LogP contribution in [0.3, 0.4) is 0 Å². The van der Waals surface area contributed by atoms with Crippen molar-refractivity contribution in [2.75, 3.05) is 33.0 Å². The quantitative estimate of drug-likeness (QED) is 0.0982. The predicted octanol–water partition coefficient (Wildman–Crippen LogP) is 8.18. The standard InChI is InChI=1S/C25H35Cl4NO4/c1-3-20-18-22(32-16-10-23(26)27)19-21(4-2)25(20)33-15-8-6-5-7-13-31-14-9-12-30-34-17-11-24(28)29/h10-12,18-19H,3-9,13-17H2,1-2H3/b30-12+. The molecule has 0 heterocycles. The van der Waals surface area contributed by atoms with E-state index in [0.29, 0.717) is 26.2 Å². The molecule has 0 aromatic heterocycles. The van der Waals surface area contributed by atoms with Crippen LogP contribution in [0.15, 0.2) is 38.4 Å². The lowest BCUT2D eigenvalue weighted by molar-refractivity contribution is 0.134. The van der Waals surface area contributed by atoms with Crippen molar-refractivity contribution in [2.24, 2.45) is 5.16 Å². The predicted molar refractivity (Wildman–Crippen MR) is 144 cm³/mol. The van der Waals surface area contributed by atoms with Crippen molar-refractivity contribution in [1.82, 2.24) is 0 Å². The number of nitrogens with zero attached hydrogens (tertiary/aromatic N) is 1. The molecule has 0 radical (unpaired) electrons. The van der Waals surface area contributed by atoms with Gasteiger partial charge in [0.1, 0.15) is 33.7 Å². The fraction of sp³-hybridized carbons (Fsp3) is 0.560. The highest BCUT2D eigenvalue weighted by atomic mass is 35.5. The summed E-state index contributed by atoms with van der Waals surface area (Å²) in [6.45, 7) is 6.90. The van der Waals surface area contributed by atoms with Crippen LogP contribution in [0.2, 0.25) is 0 Å². The van der Waals surface area contributed by atoms with Gasteiger partial charge < -0.3 is 19.0 Å². The summed E-state index contributed by atoms with van der Waals surface area (Å²) in [5, 5.41) is 3.79. The van der Waals surface area contributed by atoms with Crippen LogP contribution in [0.1, 0.15) is 57.1 Å². The smallest absolute Gasteiger partial charge is 0.138 e. The molecule has 0 unspecified atom stereocenters. The highest BCUT2D eigenvalue weighted by molar-refractivity contribution is 6.56. The molecule has 1 rings (SSSR count). The summed E-state index contributed by atoms with van der Waals surface area (Å²) in [4.78, 5) is 4.96. The Balaban J connectivity index is 2.22. The second kappa shape index (κ2) is 20.1. The summed E-state index contributed by atoms with van der Waals surface area (Å²) in [7, 11) is 0. The van der Waals surface area contributed by atoms with Crippen LogP contribution in [0, 0.1) is 0 Å². The number of oxime groups is 1. The summed E-state index contributed by atoms with van der Waals surface area (Å²) < 4.78 is 17.9. The van der Waals surface area contributed by atoms with Crippen molar-refractivity contribution < 1.29 is 19.0 Å². The van der Waals surface area contributed by atoms with Crippen LogP contribution in [-0.2, 0) is 22.4 Å². The molecule has 0 bridgehead atoms. The first-order valence-corrected chi connectivity index (χ1v) is 13.1. The van der Waals surface area contributed by atoms with Gasteiger partial charge in [0.25, 0.3) is 0 Å². The molecule has 34 heavy (non-hydrogen) atoms. The first-order valence-electron chi connectivity index (χ1n) is 11.6. The Labute approximate surface area is 224 Å². The van der Waals surface area contributed by atoms with Crippen molar-refractivity contribution >= 4 is 52.6 Å². The minimum atomic E-state index is 0.171. The molecule has 192 valence electrons. The molecule has 5 nitrogen and oxygen atoms in total. The highest BCUT2D eigenvalue weighted by Crippen LogP contribution is 2.31. The maximum absolute atomic E-state index is 6.18. The van der Waals surface area contributed by atoms with E-state index in [1.165, 1.54) is 6.08 Å². The molecule has 0 aliphatic heterocycles. The molecule has 9 heteroatoms. The Morgan fingerprint density at radius 3 is 2.03 bits per heavy atom. The molecule has 0 fully saturated rings. The van der Waals surface area contributed by atoms with Gasteiger partial charge in [0, 0.05) is 19.2 Å². The van der Waals surface area contributed by atoms with Crippen LogP contribution in [-0.4, -0.2) is 39.2 Å². The second-order valence-corrected chi connectivity index (χ2v) is 9.34. The van der Waals surface area contributed by atoms with Crippen LogP contribution in [0.25, 0.3) is 0 Å². The van der Waals surface area contributed by atoms with Gasteiger partial charge >= 0.3 is 0 Å². The van der Waals surface area contributed by atoms with E-state index in [9.17, 15) is 0 Å². The van der Waals surface area contributed by atoms with Crippen molar-refractivity contribution in [1.29, 1.82) is 0 Å². The Hall–Kier alpha value is -1.11. The summed E-state index contributed by atoms with van der Waals surface area (Å²) >= 11 is 22.2. The number of ether oxygens (including phenoxy) is 3. The number of halogens is 4. The molecule has 0 amide bonds. The average Bonchev–Trinajstić information content (AvgIpc) is 2.81. The lowest BCUT2D eigenvalue weighted by Gasteiger charge is -2.17. The molecular formula is C25H35Cl4NO4. The van der Waals surface area contributed by atoms with Gasteiger partial charge in [-0.15, -0.1) is 0 Å². The number of benzene rings is 1. The van der Waals surface area contributed by atoms with Crippen molar-refractivity contribution in [2.45, 2.75) is 58.8 Å². The largest absolute Gasteiger partial charge is 0.493 e. The van der Waals surface area contributed by atoms with E-state index in [2.05, 4.69) is 19.0 Å². The Morgan fingerprint density at radius 2 is 1.41 bits per heavy atom. The summed E-state index contributed by atoms with van der Waals surface area (Å²) in [5.41, 5.74) is 2.30. The Morgan fingerprint density at radius 1 is 0.794 bits per heavy atom. The van der Waals surface area contributed by atoms with Gasteiger partial charge in [-0.2, -0.15) is 0 Å². The van der Waals surface area contributed by atoms with Crippen LogP contribution in [0.4, 0.5) is 0 Å². The lowest BCUT2D eigenvalue weighted by Crippen LogP contribution is -2.05. The third-order valence-corrected chi connectivity index (χ3v) is 5.36. The number of aryl methyl sites for hydroxylation is 2. The third kappa shape index (κ3) is 15.0. The SMILES string of the molecule is CCc1cc(OCC=C(Cl)Cl)cc(CC)c1OCCCCCCOCC/C=N/OCC=C(Cl)Cl. The number of hydrogen-bond acceptors (Lipinski definition) is 5. The van der Waals surface area contributed by atoms with Crippen molar-refractivity contribution in [3.05, 3.63) is 44.4 Å². The van der Waals surface area contributed by atoms with Gasteiger partial charge in [-0.05, 0) is 67.5 Å². The minimum Gasteiger partial charge on any atom is -0.493 e. The van der Waals surface area contributed by atoms with E-state index in [0.717, 1.165) is 67.8 Å². The molecule has 0 atom stereocenters. The zero-order chi connectivity index (χ0) is 25.0. The zero-order valence-corrected chi connectivity index (χ0v) is 23.0. The molecule has 0 aliphatic carbocycles. The molecule has 1 aromatic rings. The summed E-state index contributed by atoms with van der Waals surface area (Å²) in [6.07, 6.45) is 11.5. The summed E-state index contributed by atoms with van der Waals surface area (Å²) in [6, 6.07) is 4.07. The topological polar surface area (TPSA) is 49.3 Å². The fourth-order valence-corrected chi connectivity index (χ4v) is 3.29. The van der Waals surface area contributed by atoms with Crippen molar-refractivity contribution in [3.8, 4) is 11.5 Å². The molecule has 0 aliphatic rings. The first kappa shape index (κ1) is 30.9. The number of rotatable bonds is 19. The van der Waals surface area contributed by atoms with Crippen molar-refractivity contribution in [3.63, 3.8) is 0 Å². The molecule has 0 spiro atoms. The molecule has 1 aromatic carbocycles. The Kier molecular flexibility index (Phi) is 18.3. The minimum absolute atomic E-state index is 0.171. The fourth-order valence-electron chi connectivity index (χ4n) is 3.04. The molecule has 0 N–H and O–H groups in total. The van der Waals surface area contributed by atoms with E-state index in [1.54, 1.807) is 12.3 Å². The van der Waals surface area contributed by atoms with E-state index in [1.807, 2.05) is 12.1 Å². The normalized spacial score (nSPS) is 10.9. The first-order chi connectivity index (χ1) is 16.5. The third-order valence-electron chi connectivity index (χ3n) is 4.75. The maximum Gasteiger partial charge on any atom is 0.138 e. The lowest BCUT2D eigenvalue weighted by atomic mass is 10.0. The second-order valence-electron chi connectivity index (χ2n) is 7.32. The van der Waals surface area contributed by atoms with E-state index in [-0.39, 0.29) is 15.6 Å². The number of hydrogen-bond donors (Lipinski definition) is 0. The average molecular weight is 555 g/mol. The van der Waals surface area contributed by atoms with Crippen LogP contribution in [0.5, 0.6) is 11.5 Å². The molecular weight excluding hydrogens is 520 g/mol. The monoisotopic (exact) mass is 553 g/mol. The van der Waals surface area contributed by atoms with Gasteiger partial charge in [-0.25, -0.2) is 0 Å². The highest BCUT2D eigenvalue weighted by Gasteiger charge is 2.11.